The van der Waals surface area contributed by atoms with Crippen LogP contribution in [0.15, 0.2) is 183 Å². The van der Waals surface area contributed by atoms with Gasteiger partial charge in [0.25, 0.3) is 0 Å². The Kier molecular flexibility index (Phi) is 7.46. The van der Waals surface area contributed by atoms with Crippen LogP contribution in [0.4, 0.5) is 0 Å². The molecule has 2 aromatic heterocycles. The molecule has 0 unspecified atom stereocenters. The van der Waals surface area contributed by atoms with Crippen molar-refractivity contribution in [3.63, 3.8) is 0 Å². The van der Waals surface area contributed by atoms with Crippen molar-refractivity contribution < 1.29 is 4.74 Å². The molecule has 0 spiro atoms. The normalized spacial score (nSPS) is 11.0. The van der Waals surface area contributed by atoms with E-state index in [1.807, 2.05) is 76.5 Å². The topological polar surface area (TPSA) is 44.9 Å². The quantitative estimate of drug-likeness (QED) is 0.173. The van der Waals surface area contributed by atoms with Gasteiger partial charge in [-0.25, -0.2) is 9.36 Å². The molecule has 0 bridgehead atoms. The molecule has 6 aromatic carbocycles. The molecule has 2 heterocycles. The van der Waals surface area contributed by atoms with Crippen LogP contribution in [0.5, 0.6) is 11.5 Å². The van der Waals surface area contributed by atoms with Crippen molar-refractivity contribution >= 4 is 0 Å². The second-order valence-electron chi connectivity index (χ2n) is 11.3. The number of ether oxygens (including phenoxy) is 1. The second-order valence-corrected chi connectivity index (χ2v) is 11.3. The van der Waals surface area contributed by atoms with Gasteiger partial charge in [-0.05, 0) is 69.3 Å². The SMILES string of the molecule is c1ccc(-c2ccc(-c3cc(Oc4cccc(-n5cc(-c6ccc(-c7ccccc7)cc6)cn5)c4)cc(-n4cccn4)c3)cc2)cc1. The molecule has 0 N–H and O–H groups in total. The van der Waals surface area contributed by atoms with Gasteiger partial charge in [-0.15, -0.1) is 0 Å². The van der Waals surface area contributed by atoms with E-state index in [1.165, 1.54) is 22.3 Å². The molecule has 0 saturated heterocycles. The summed E-state index contributed by atoms with van der Waals surface area (Å²) in [6, 6.07) is 54.1. The maximum absolute atomic E-state index is 6.50. The highest BCUT2D eigenvalue weighted by Crippen LogP contribution is 2.33. The molecule has 0 atom stereocenters. The molecule has 47 heavy (non-hydrogen) atoms. The summed E-state index contributed by atoms with van der Waals surface area (Å²) in [4.78, 5) is 0. The predicted molar refractivity (Wildman–Crippen MR) is 189 cm³/mol. The van der Waals surface area contributed by atoms with E-state index in [0.717, 1.165) is 45.1 Å². The molecule has 5 heteroatoms. The predicted octanol–water partition coefficient (Wildman–Crippen LogP) is 10.5. The highest BCUT2D eigenvalue weighted by atomic mass is 16.5. The number of rotatable bonds is 8. The summed E-state index contributed by atoms with van der Waals surface area (Å²) in [7, 11) is 0. The Morgan fingerprint density at radius 2 is 0.957 bits per heavy atom. The molecule has 8 aromatic rings. The summed E-state index contributed by atoms with van der Waals surface area (Å²) < 4.78 is 10.2. The summed E-state index contributed by atoms with van der Waals surface area (Å²) in [5.74, 6) is 1.44. The monoisotopic (exact) mass is 606 g/mol. The molecule has 0 aliphatic carbocycles. The largest absolute Gasteiger partial charge is 0.457 e. The van der Waals surface area contributed by atoms with Crippen LogP contribution in [0, 0.1) is 0 Å². The number of nitrogens with zero attached hydrogens (tertiary/aromatic N) is 4. The molecule has 0 aliphatic rings. The zero-order valence-electron chi connectivity index (χ0n) is 25.5. The van der Waals surface area contributed by atoms with Crippen LogP contribution in [0.25, 0.3) is 55.9 Å². The molecule has 0 saturated carbocycles. The lowest BCUT2D eigenvalue weighted by Gasteiger charge is -2.13. The summed E-state index contributed by atoms with van der Waals surface area (Å²) in [5.41, 5.74) is 10.9. The van der Waals surface area contributed by atoms with Crippen LogP contribution in [0.3, 0.4) is 0 Å². The first-order chi connectivity index (χ1) is 23.2. The average molecular weight is 607 g/mol. The van der Waals surface area contributed by atoms with Crippen molar-refractivity contribution in [2.24, 2.45) is 0 Å². The van der Waals surface area contributed by atoms with Gasteiger partial charge < -0.3 is 4.74 Å². The maximum atomic E-state index is 6.50. The van der Waals surface area contributed by atoms with E-state index in [1.54, 1.807) is 6.20 Å². The Morgan fingerprint density at radius 1 is 0.383 bits per heavy atom. The fourth-order valence-corrected chi connectivity index (χ4v) is 5.77. The Labute approximate surface area is 273 Å². The van der Waals surface area contributed by atoms with Crippen molar-refractivity contribution in [1.82, 2.24) is 19.6 Å². The third kappa shape index (κ3) is 6.10. The Balaban J connectivity index is 1.06. The van der Waals surface area contributed by atoms with E-state index in [0.29, 0.717) is 0 Å². The van der Waals surface area contributed by atoms with Crippen molar-refractivity contribution in [3.05, 3.63) is 183 Å². The van der Waals surface area contributed by atoms with Gasteiger partial charge in [-0.3, -0.25) is 0 Å². The van der Waals surface area contributed by atoms with E-state index in [2.05, 4.69) is 119 Å². The van der Waals surface area contributed by atoms with Crippen LogP contribution in [0.2, 0.25) is 0 Å². The highest BCUT2D eigenvalue weighted by molar-refractivity contribution is 5.73. The Morgan fingerprint density at radius 3 is 1.57 bits per heavy atom. The smallest absolute Gasteiger partial charge is 0.130 e. The minimum atomic E-state index is 0.717. The zero-order chi connectivity index (χ0) is 31.4. The average Bonchev–Trinajstić information content (AvgIpc) is 3.87. The van der Waals surface area contributed by atoms with Gasteiger partial charge in [-0.2, -0.15) is 10.2 Å². The van der Waals surface area contributed by atoms with Gasteiger partial charge in [0.05, 0.1) is 17.6 Å². The number of hydrogen-bond donors (Lipinski definition) is 0. The molecular formula is C42H30N4O. The summed E-state index contributed by atoms with van der Waals surface area (Å²) >= 11 is 0. The summed E-state index contributed by atoms with van der Waals surface area (Å²) in [5, 5.41) is 9.15. The van der Waals surface area contributed by atoms with Crippen LogP contribution >= 0.6 is 0 Å². The number of hydrogen-bond acceptors (Lipinski definition) is 3. The molecule has 0 radical (unpaired) electrons. The first-order valence-corrected chi connectivity index (χ1v) is 15.5. The van der Waals surface area contributed by atoms with Crippen LogP contribution in [-0.2, 0) is 0 Å². The lowest BCUT2D eigenvalue weighted by molar-refractivity contribution is 0.482. The van der Waals surface area contributed by atoms with Gasteiger partial charge in [-0.1, -0.05) is 115 Å². The van der Waals surface area contributed by atoms with Gasteiger partial charge in [0, 0.05) is 36.3 Å². The van der Waals surface area contributed by atoms with Crippen molar-refractivity contribution in [2.45, 2.75) is 0 Å². The molecule has 0 fully saturated rings. The van der Waals surface area contributed by atoms with Gasteiger partial charge >= 0.3 is 0 Å². The van der Waals surface area contributed by atoms with E-state index < -0.39 is 0 Å². The van der Waals surface area contributed by atoms with Crippen molar-refractivity contribution in [2.75, 3.05) is 0 Å². The van der Waals surface area contributed by atoms with E-state index in [-0.39, 0.29) is 0 Å². The molecular weight excluding hydrogens is 576 g/mol. The third-order valence-electron chi connectivity index (χ3n) is 8.21. The fraction of sp³-hybridized carbons (Fsp3) is 0. The van der Waals surface area contributed by atoms with Crippen molar-refractivity contribution in [3.8, 4) is 67.4 Å². The summed E-state index contributed by atoms with van der Waals surface area (Å²) in [6.07, 6.45) is 7.66. The third-order valence-corrected chi connectivity index (χ3v) is 8.21. The lowest BCUT2D eigenvalue weighted by Crippen LogP contribution is -1.97. The zero-order valence-corrected chi connectivity index (χ0v) is 25.5. The molecule has 224 valence electrons. The summed E-state index contributed by atoms with van der Waals surface area (Å²) in [6.45, 7) is 0. The van der Waals surface area contributed by atoms with Crippen LogP contribution < -0.4 is 4.74 Å². The van der Waals surface area contributed by atoms with E-state index >= 15 is 0 Å². The maximum Gasteiger partial charge on any atom is 0.130 e. The second kappa shape index (κ2) is 12.5. The first-order valence-electron chi connectivity index (χ1n) is 15.5. The Bertz CT molecular complexity index is 2240. The van der Waals surface area contributed by atoms with E-state index in [9.17, 15) is 0 Å². The number of aromatic nitrogens is 4. The standard InChI is InChI=1S/C42H30N4O/c1-3-9-31(10-4-1)33-15-19-35(20-16-33)37-25-40(45-24-8-23-43-45)28-42(26-37)47-41-14-7-13-39(27-41)46-30-38(29-44-46)36-21-17-34(18-22-36)32-11-5-2-6-12-32/h1-30H. The molecule has 5 nitrogen and oxygen atoms in total. The fourth-order valence-electron chi connectivity index (χ4n) is 5.77. The first kappa shape index (κ1) is 28.0. The highest BCUT2D eigenvalue weighted by Gasteiger charge is 2.10. The van der Waals surface area contributed by atoms with Crippen LogP contribution in [0.1, 0.15) is 0 Å². The lowest BCUT2D eigenvalue weighted by atomic mass is 10.00. The molecule has 0 aliphatic heterocycles. The molecule has 0 amide bonds. The molecule has 8 rings (SSSR count). The Hall–Kier alpha value is -6.46. The van der Waals surface area contributed by atoms with Crippen molar-refractivity contribution in [1.29, 1.82) is 0 Å². The van der Waals surface area contributed by atoms with Gasteiger partial charge in [0.15, 0.2) is 0 Å². The minimum Gasteiger partial charge on any atom is -0.457 e. The van der Waals surface area contributed by atoms with E-state index in [4.69, 9.17) is 4.74 Å². The van der Waals surface area contributed by atoms with Gasteiger partial charge in [0.1, 0.15) is 11.5 Å². The van der Waals surface area contributed by atoms with Crippen LogP contribution in [-0.4, -0.2) is 19.6 Å². The minimum absolute atomic E-state index is 0.717. The van der Waals surface area contributed by atoms with Gasteiger partial charge in [0.2, 0.25) is 0 Å². The number of benzene rings is 6.